The van der Waals surface area contributed by atoms with Crippen molar-refractivity contribution in [3.63, 3.8) is 0 Å². The van der Waals surface area contributed by atoms with E-state index in [4.69, 9.17) is 11.6 Å². The van der Waals surface area contributed by atoms with E-state index in [0.29, 0.717) is 49.9 Å². The highest BCUT2D eigenvalue weighted by Gasteiger charge is 2.22. The molecule has 0 spiro atoms. The maximum Gasteiger partial charge on any atom is 0.238 e. The quantitative estimate of drug-likeness (QED) is 0.572. The van der Waals surface area contributed by atoms with Gasteiger partial charge in [0, 0.05) is 39.1 Å². The highest BCUT2D eigenvalue weighted by molar-refractivity contribution is 6.33. The molecule has 7 nitrogen and oxygen atoms in total. The van der Waals surface area contributed by atoms with Crippen molar-refractivity contribution in [2.75, 3.05) is 38.0 Å². The Bertz CT molecular complexity index is 1150. The van der Waals surface area contributed by atoms with Crippen molar-refractivity contribution in [1.82, 2.24) is 19.4 Å². The van der Waals surface area contributed by atoms with Gasteiger partial charge in [-0.1, -0.05) is 23.7 Å². The third-order valence-electron chi connectivity index (χ3n) is 6.27. The predicted octanol–water partition coefficient (Wildman–Crippen LogP) is 3.87. The number of halogens is 1. The van der Waals surface area contributed by atoms with Gasteiger partial charge >= 0.3 is 0 Å². The molecule has 1 N–H and O–H groups in total. The van der Waals surface area contributed by atoms with Crippen LogP contribution in [0.2, 0.25) is 5.02 Å². The normalized spacial score (nSPS) is 14.6. The summed E-state index contributed by atoms with van der Waals surface area (Å²) in [4.78, 5) is 33.5. The highest BCUT2D eigenvalue weighted by atomic mass is 35.5. The monoisotopic (exact) mass is 467 g/mol. The number of aromatic nitrogens is 2. The minimum absolute atomic E-state index is 0.0964. The Morgan fingerprint density at radius 2 is 1.79 bits per heavy atom. The fourth-order valence-electron chi connectivity index (χ4n) is 4.16. The molecule has 2 aromatic carbocycles. The summed E-state index contributed by atoms with van der Waals surface area (Å²) >= 11 is 6.10. The lowest BCUT2D eigenvalue weighted by atomic mass is 10.1. The Hall–Kier alpha value is -2.90. The number of anilines is 1. The van der Waals surface area contributed by atoms with Crippen LogP contribution in [0.5, 0.6) is 0 Å². The lowest BCUT2D eigenvalue weighted by molar-refractivity contribution is -0.133. The van der Waals surface area contributed by atoms with Crippen molar-refractivity contribution in [2.45, 2.75) is 33.2 Å². The van der Waals surface area contributed by atoms with E-state index >= 15 is 0 Å². The van der Waals surface area contributed by atoms with Crippen LogP contribution in [0.1, 0.15) is 24.0 Å². The first-order valence-corrected chi connectivity index (χ1v) is 11.7. The molecule has 1 fully saturated rings. The molecule has 1 aliphatic heterocycles. The van der Waals surface area contributed by atoms with E-state index in [1.165, 1.54) is 11.1 Å². The summed E-state index contributed by atoms with van der Waals surface area (Å²) in [5, 5.41) is 3.37. The first-order valence-electron chi connectivity index (χ1n) is 11.4. The summed E-state index contributed by atoms with van der Waals surface area (Å²) in [5.74, 6) is 0.0764. The molecule has 1 saturated heterocycles. The van der Waals surface area contributed by atoms with Gasteiger partial charge in [0.2, 0.25) is 11.8 Å². The third-order valence-corrected chi connectivity index (χ3v) is 6.60. The number of fused-ring (bicyclic) bond motifs is 1. The average molecular weight is 468 g/mol. The molecule has 0 radical (unpaired) electrons. The Labute approximate surface area is 199 Å². The molecule has 0 atom stereocenters. The molecule has 0 saturated carbocycles. The van der Waals surface area contributed by atoms with Gasteiger partial charge in [-0.25, -0.2) is 4.98 Å². The molecule has 174 valence electrons. The van der Waals surface area contributed by atoms with Gasteiger partial charge in [0.05, 0.1) is 34.6 Å². The summed E-state index contributed by atoms with van der Waals surface area (Å²) in [7, 11) is 0. The molecule has 33 heavy (non-hydrogen) atoms. The topological polar surface area (TPSA) is 70.5 Å². The van der Waals surface area contributed by atoms with Crippen LogP contribution in [-0.4, -0.2) is 63.9 Å². The minimum Gasteiger partial charge on any atom is -0.340 e. The van der Waals surface area contributed by atoms with Crippen LogP contribution in [0.3, 0.4) is 0 Å². The highest BCUT2D eigenvalue weighted by Crippen LogP contribution is 2.21. The number of para-hydroxylation sites is 1. The number of nitrogens with zero attached hydrogens (tertiary/aromatic N) is 4. The first-order chi connectivity index (χ1) is 15.9. The summed E-state index contributed by atoms with van der Waals surface area (Å²) in [6.07, 6.45) is 3.15. The molecule has 2 heterocycles. The summed E-state index contributed by atoms with van der Waals surface area (Å²) in [6, 6.07) is 11.5. The number of nitrogens with one attached hydrogen (secondary N) is 1. The van der Waals surface area contributed by atoms with Crippen molar-refractivity contribution >= 4 is 40.1 Å². The van der Waals surface area contributed by atoms with Crippen molar-refractivity contribution in [3.8, 4) is 0 Å². The number of piperazine rings is 1. The van der Waals surface area contributed by atoms with Gasteiger partial charge in [0.25, 0.3) is 0 Å². The maximum atomic E-state index is 12.7. The van der Waals surface area contributed by atoms with Gasteiger partial charge in [0.15, 0.2) is 0 Å². The Morgan fingerprint density at radius 1 is 1.06 bits per heavy atom. The maximum absolute atomic E-state index is 12.7. The Balaban J connectivity index is 1.20. The Kier molecular flexibility index (Phi) is 7.30. The number of rotatable bonds is 7. The average Bonchev–Trinajstić information content (AvgIpc) is 3.17. The molecule has 0 unspecified atom stereocenters. The van der Waals surface area contributed by atoms with Gasteiger partial charge in [-0.05, 0) is 55.7 Å². The standard InChI is InChI=1S/C25H30ClN5O2/c1-18-14-22-23(15-19(18)2)31(17-27-22)9-5-8-25(33)30-12-10-29(11-13-30)16-24(32)28-21-7-4-3-6-20(21)26/h3-4,6-7,14-15,17H,5,8-13,16H2,1-2H3,(H,28,32). The number of carbonyl (C=O) groups excluding carboxylic acids is 2. The van der Waals surface area contributed by atoms with Crippen LogP contribution >= 0.6 is 11.6 Å². The lowest BCUT2D eigenvalue weighted by Crippen LogP contribution is -2.50. The second-order valence-corrected chi connectivity index (χ2v) is 9.06. The first kappa shape index (κ1) is 23.3. The van der Waals surface area contributed by atoms with Crippen molar-refractivity contribution < 1.29 is 9.59 Å². The number of amides is 2. The van der Waals surface area contributed by atoms with E-state index < -0.39 is 0 Å². The largest absolute Gasteiger partial charge is 0.340 e. The van der Waals surface area contributed by atoms with Crippen molar-refractivity contribution in [2.24, 2.45) is 0 Å². The van der Waals surface area contributed by atoms with E-state index in [0.717, 1.165) is 24.0 Å². The SMILES string of the molecule is Cc1cc2ncn(CCCC(=O)N3CCN(CC(=O)Nc4ccccc4Cl)CC3)c2cc1C. The van der Waals surface area contributed by atoms with Gasteiger partial charge in [-0.2, -0.15) is 0 Å². The van der Waals surface area contributed by atoms with Gasteiger partial charge in [-0.15, -0.1) is 0 Å². The summed E-state index contributed by atoms with van der Waals surface area (Å²) in [6.45, 7) is 7.92. The molecule has 8 heteroatoms. The number of imidazole rings is 1. The molecular weight excluding hydrogens is 438 g/mol. The number of hydrogen-bond acceptors (Lipinski definition) is 4. The molecule has 1 aliphatic rings. The smallest absolute Gasteiger partial charge is 0.238 e. The second-order valence-electron chi connectivity index (χ2n) is 8.65. The van der Waals surface area contributed by atoms with E-state index in [-0.39, 0.29) is 11.8 Å². The fraction of sp³-hybridized carbons (Fsp3) is 0.400. The predicted molar refractivity (Wildman–Crippen MR) is 132 cm³/mol. The van der Waals surface area contributed by atoms with E-state index in [1.807, 2.05) is 23.4 Å². The summed E-state index contributed by atoms with van der Waals surface area (Å²) < 4.78 is 2.13. The van der Waals surface area contributed by atoms with E-state index in [1.54, 1.807) is 12.1 Å². The molecule has 4 rings (SSSR count). The van der Waals surface area contributed by atoms with Crippen molar-refractivity contribution in [3.05, 3.63) is 58.9 Å². The molecule has 0 bridgehead atoms. The Morgan fingerprint density at radius 3 is 2.55 bits per heavy atom. The van der Waals surface area contributed by atoms with Crippen LogP contribution in [0.15, 0.2) is 42.7 Å². The van der Waals surface area contributed by atoms with Crippen LogP contribution in [-0.2, 0) is 16.1 Å². The molecule has 1 aromatic heterocycles. The third kappa shape index (κ3) is 5.72. The van der Waals surface area contributed by atoms with Crippen LogP contribution < -0.4 is 5.32 Å². The zero-order chi connectivity index (χ0) is 23.4. The van der Waals surface area contributed by atoms with Gasteiger partial charge in [0.1, 0.15) is 0 Å². The molecule has 0 aliphatic carbocycles. The van der Waals surface area contributed by atoms with Crippen LogP contribution in [0, 0.1) is 13.8 Å². The van der Waals surface area contributed by atoms with Crippen LogP contribution in [0.25, 0.3) is 11.0 Å². The zero-order valence-corrected chi connectivity index (χ0v) is 19.9. The van der Waals surface area contributed by atoms with Crippen molar-refractivity contribution in [1.29, 1.82) is 0 Å². The van der Waals surface area contributed by atoms with E-state index in [2.05, 4.69) is 45.7 Å². The van der Waals surface area contributed by atoms with Crippen LogP contribution in [0.4, 0.5) is 5.69 Å². The number of carbonyl (C=O) groups is 2. The number of aryl methyl sites for hydroxylation is 3. The molecular formula is C25H30ClN5O2. The molecule has 2 amide bonds. The minimum atomic E-state index is -0.0964. The summed E-state index contributed by atoms with van der Waals surface area (Å²) in [5.41, 5.74) is 5.23. The number of benzene rings is 2. The lowest BCUT2D eigenvalue weighted by Gasteiger charge is -2.34. The zero-order valence-electron chi connectivity index (χ0n) is 19.2. The van der Waals surface area contributed by atoms with Gasteiger partial charge in [-0.3, -0.25) is 14.5 Å². The van der Waals surface area contributed by atoms with E-state index in [9.17, 15) is 9.59 Å². The number of hydrogen-bond donors (Lipinski definition) is 1. The van der Waals surface area contributed by atoms with Gasteiger partial charge < -0.3 is 14.8 Å². The second kappa shape index (κ2) is 10.4. The fourth-order valence-corrected chi connectivity index (χ4v) is 4.34. The molecule has 3 aromatic rings.